The van der Waals surface area contributed by atoms with E-state index in [9.17, 15) is 9.90 Å². The van der Waals surface area contributed by atoms with Crippen molar-refractivity contribution in [2.45, 2.75) is 25.9 Å². The van der Waals surface area contributed by atoms with Crippen LogP contribution < -0.4 is 11.1 Å². The summed E-state index contributed by atoms with van der Waals surface area (Å²) in [4.78, 5) is 10.7. The smallest absolute Gasteiger partial charge is 0.218 e. The molecule has 0 radical (unpaired) electrons. The molecule has 17 heavy (non-hydrogen) atoms. The molecule has 0 saturated heterocycles. The van der Waals surface area contributed by atoms with E-state index >= 15 is 0 Å². The van der Waals surface area contributed by atoms with Gasteiger partial charge in [-0.05, 0) is 19.1 Å². The Labute approximate surface area is 110 Å². The van der Waals surface area contributed by atoms with Crippen molar-refractivity contribution in [3.05, 3.63) is 27.7 Å². The van der Waals surface area contributed by atoms with E-state index in [1.165, 1.54) is 6.07 Å². The van der Waals surface area contributed by atoms with E-state index in [2.05, 4.69) is 5.32 Å². The molecule has 94 valence electrons. The third-order valence-corrected chi connectivity index (χ3v) is 2.76. The molecule has 1 amide bonds. The molecule has 0 fully saturated rings. The fraction of sp³-hybridized carbons (Fsp3) is 0.364. The minimum atomic E-state index is -0.377. The SMILES string of the molecule is CC(CC(N)=O)NCc1cc(Cl)cc(Cl)c1O. The standard InChI is InChI=1S/C11H14Cl2N2O2/c1-6(2-10(14)16)15-5-7-3-8(12)4-9(13)11(7)17/h3-4,6,15,17H,2,5H2,1H3,(H2,14,16). The van der Waals surface area contributed by atoms with E-state index in [1.807, 2.05) is 6.92 Å². The molecule has 4 nitrogen and oxygen atoms in total. The molecule has 1 rings (SSSR count). The van der Waals surface area contributed by atoms with Crippen molar-refractivity contribution in [3.8, 4) is 5.75 Å². The molecule has 1 aromatic carbocycles. The van der Waals surface area contributed by atoms with Gasteiger partial charge >= 0.3 is 0 Å². The summed E-state index contributed by atoms with van der Waals surface area (Å²) in [7, 11) is 0. The number of hydrogen-bond acceptors (Lipinski definition) is 3. The van der Waals surface area contributed by atoms with Crippen molar-refractivity contribution in [1.82, 2.24) is 5.32 Å². The molecule has 0 aliphatic rings. The normalized spacial score (nSPS) is 12.4. The zero-order chi connectivity index (χ0) is 13.0. The number of hydrogen-bond donors (Lipinski definition) is 3. The van der Waals surface area contributed by atoms with E-state index in [4.69, 9.17) is 28.9 Å². The Kier molecular flexibility index (Phi) is 5.05. The van der Waals surface area contributed by atoms with E-state index in [0.29, 0.717) is 17.1 Å². The highest BCUT2D eigenvalue weighted by Crippen LogP contribution is 2.31. The van der Waals surface area contributed by atoms with Gasteiger partial charge in [0.25, 0.3) is 0 Å². The maximum atomic E-state index is 10.7. The van der Waals surface area contributed by atoms with Crippen LogP contribution in [-0.4, -0.2) is 17.1 Å². The average Bonchev–Trinajstić information content (AvgIpc) is 2.20. The van der Waals surface area contributed by atoms with Crippen LogP contribution in [0.5, 0.6) is 5.75 Å². The van der Waals surface area contributed by atoms with Crippen LogP contribution in [0.2, 0.25) is 10.0 Å². The van der Waals surface area contributed by atoms with Gasteiger partial charge < -0.3 is 16.2 Å². The number of carbonyl (C=O) groups excluding carboxylic acids is 1. The molecule has 4 N–H and O–H groups in total. The second-order valence-electron chi connectivity index (χ2n) is 3.85. The second kappa shape index (κ2) is 6.10. The summed E-state index contributed by atoms with van der Waals surface area (Å²) in [5.74, 6) is -0.381. The Bertz CT molecular complexity index is 424. The number of primary amides is 1. The van der Waals surface area contributed by atoms with Crippen LogP contribution in [0.1, 0.15) is 18.9 Å². The third-order valence-electron chi connectivity index (χ3n) is 2.26. The van der Waals surface area contributed by atoms with Crippen LogP contribution in [0, 0.1) is 0 Å². The van der Waals surface area contributed by atoms with Gasteiger partial charge in [-0.15, -0.1) is 0 Å². The molecule has 1 unspecified atom stereocenters. The lowest BCUT2D eigenvalue weighted by Crippen LogP contribution is -2.30. The maximum absolute atomic E-state index is 10.7. The van der Waals surface area contributed by atoms with Crippen molar-refractivity contribution >= 4 is 29.1 Å². The number of phenolic OH excluding ortho intramolecular Hbond substituents is 1. The molecule has 0 bridgehead atoms. The fourth-order valence-electron chi connectivity index (χ4n) is 1.41. The van der Waals surface area contributed by atoms with E-state index < -0.39 is 0 Å². The number of benzene rings is 1. The number of carbonyl (C=O) groups is 1. The molecule has 0 aliphatic carbocycles. The molecular formula is C11H14Cl2N2O2. The predicted octanol–water partition coefficient (Wildman–Crippen LogP) is 2.05. The first-order valence-electron chi connectivity index (χ1n) is 5.08. The Morgan fingerprint density at radius 1 is 1.53 bits per heavy atom. The molecule has 1 aromatic rings. The Hall–Kier alpha value is -0.970. The van der Waals surface area contributed by atoms with Crippen molar-refractivity contribution in [1.29, 1.82) is 0 Å². The summed E-state index contributed by atoms with van der Waals surface area (Å²) in [5.41, 5.74) is 5.65. The molecule has 1 atom stereocenters. The van der Waals surface area contributed by atoms with Gasteiger partial charge in [-0.1, -0.05) is 23.2 Å². The first kappa shape index (κ1) is 14.1. The quantitative estimate of drug-likeness (QED) is 0.771. The summed E-state index contributed by atoms with van der Waals surface area (Å²) in [6, 6.07) is 3.01. The highest BCUT2D eigenvalue weighted by Gasteiger charge is 2.10. The number of nitrogens with one attached hydrogen (secondary N) is 1. The van der Waals surface area contributed by atoms with Crippen molar-refractivity contribution < 1.29 is 9.90 Å². The van der Waals surface area contributed by atoms with Crippen LogP contribution in [0.25, 0.3) is 0 Å². The van der Waals surface area contributed by atoms with Crippen LogP contribution in [0.3, 0.4) is 0 Å². The number of phenols is 1. The predicted molar refractivity (Wildman–Crippen MR) is 68.2 cm³/mol. The van der Waals surface area contributed by atoms with Crippen LogP contribution in [0.4, 0.5) is 0 Å². The average molecular weight is 277 g/mol. The lowest BCUT2D eigenvalue weighted by atomic mass is 10.1. The lowest BCUT2D eigenvalue weighted by molar-refractivity contribution is -0.118. The van der Waals surface area contributed by atoms with Gasteiger partial charge in [0.05, 0.1) is 5.02 Å². The first-order valence-corrected chi connectivity index (χ1v) is 5.84. The summed E-state index contributed by atoms with van der Waals surface area (Å²) < 4.78 is 0. The maximum Gasteiger partial charge on any atom is 0.218 e. The minimum absolute atomic E-state index is 0.00478. The van der Waals surface area contributed by atoms with Crippen LogP contribution in [0.15, 0.2) is 12.1 Å². The topological polar surface area (TPSA) is 75.4 Å². The molecular weight excluding hydrogens is 263 g/mol. The number of rotatable bonds is 5. The van der Waals surface area contributed by atoms with E-state index in [-0.39, 0.29) is 29.1 Å². The summed E-state index contributed by atoms with van der Waals surface area (Å²) in [6.07, 6.45) is 0.231. The zero-order valence-corrected chi connectivity index (χ0v) is 10.8. The first-order chi connectivity index (χ1) is 7.90. The van der Waals surface area contributed by atoms with Crippen molar-refractivity contribution in [2.75, 3.05) is 0 Å². The second-order valence-corrected chi connectivity index (χ2v) is 4.69. The number of halogens is 2. The zero-order valence-electron chi connectivity index (χ0n) is 9.34. The highest BCUT2D eigenvalue weighted by molar-refractivity contribution is 6.35. The van der Waals surface area contributed by atoms with Gasteiger partial charge in [0.15, 0.2) is 0 Å². The molecule has 0 heterocycles. The molecule has 0 spiro atoms. The van der Waals surface area contributed by atoms with Gasteiger partial charge in [0, 0.05) is 29.6 Å². The van der Waals surface area contributed by atoms with Gasteiger partial charge in [-0.25, -0.2) is 0 Å². The molecule has 0 aromatic heterocycles. The van der Waals surface area contributed by atoms with Crippen LogP contribution >= 0.6 is 23.2 Å². The number of amides is 1. The fourth-order valence-corrected chi connectivity index (χ4v) is 1.95. The van der Waals surface area contributed by atoms with Gasteiger partial charge in [-0.2, -0.15) is 0 Å². The lowest BCUT2D eigenvalue weighted by Gasteiger charge is -2.13. The molecule has 6 heteroatoms. The summed E-state index contributed by atoms with van der Waals surface area (Å²) >= 11 is 11.6. The Balaban J connectivity index is 2.66. The van der Waals surface area contributed by atoms with Crippen molar-refractivity contribution in [2.24, 2.45) is 5.73 Å². The number of nitrogens with two attached hydrogens (primary N) is 1. The Morgan fingerprint density at radius 3 is 2.76 bits per heavy atom. The van der Waals surface area contributed by atoms with Gasteiger partial charge in [0.2, 0.25) is 5.91 Å². The monoisotopic (exact) mass is 276 g/mol. The largest absolute Gasteiger partial charge is 0.506 e. The number of aromatic hydroxyl groups is 1. The minimum Gasteiger partial charge on any atom is -0.506 e. The van der Waals surface area contributed by atoms with E-state index in [1.54, 1.807) is 6.07 Å². The van der Waals surface area contributed by atoms with Gasteiger partial charge in [0.1, 0.15) is 5.75 Å². The summed E-state index contributed by atoms with van der Waals surface area (Å²) in [6.45, 7) is 2.19. The van der Waals surface area contributed by atoms with Crippen molar-refractivity contribution in [3.63, 3.8) is 0 Å². The van der Waals surface area contributed by atoms with Crippen LogP contribution in [-0.2, 0) is 11.3 Å². The van der Waals surface area contributed by atoms with Gasteiger partial charge in [-0.3, -0.25) is 4.79 Å². The highest BCUT2D eigenvalue weighted by atomic mass is 35.5. The third kappa shape index (κ3) is 4.42. The summed E-state index contributed by atoms with van der Waals surface area (Å²) in [5, 5.41) is 13.4. The Morgan fingerprint density at radius 2 is 2.18 bits per heavy atom. The molecule has 0 saturated carbocycles. The van der Waals surface area contributed by atoms with E-state index in [0.717, 1.165) is 0 Å². The molecule has 0 aliphatic heterocycles.